The lowest BCUT2D eigenvalue weighted by molar-refractivity contribution is -0.158. The lowest BCUT2D eigenvalue weighted by Crippen LogP contribution is -2.73. The number of aliphatic hydroxyl groups is 1. The highest BCUT2D eigenvalue weighted by Gasteiger charge is 2.55. The van der Waals surface area contributed by atoms with Crippen LogP contribution >= 0.6 is 15.9 Å². The normalized spacial score (nSPS) is 25.3. The molecular weight excluding hydrogens is 444 g/mol. The minimum absolute atomic E-state index is 0.0863. The zero-order valence-electron chi connectivity index (χ0n) is 15.1. The number of fused-ring (bicyclic) bond motifs is 1. The maximum Gasteiger partial charge on any atom is 0.238 e. The summed E-state index contributed by atoms with van der Waals surface area (Å²) in [5, 5.41) is 9.81. The summed E-state index contributed by atoms with van der Waals surface area (Å²) >= 11 is 3.41. The van der Waals surface area contributed by atoms with Crippen LogP contribution in [-0.2, 0) is 20.6 Å². The van der Waals surface area contributed by atoms with Gasteiger partial charge in [0.05, 0.1) is 31.0 Å². The number of carbonyl (C=O) groups excluding carboxylic acids is 1. The number of halogens is 1. The van der Waals surface area contributed by atoms with Gasteiger partial charge in [0.1, 0.15) is 0 Å². The molecule has 2 heterocycles. The summed E-state index contributed by atoms with van der Waals surface area (Å²) in [5.74, 6) is -0.461. The Balaban J connectivity index is 1.58. The number of carbonyl (C=O) groups is 1. The lowest BCUT2D eigenvalue weighted by atomic mass is 9.74. The predicted molar refractivity (Wildman–Crippen MR) is 109 cm³/mol. The number of rotatable bonds is 5. The third kappa shape index (κ3) is 3.50. The van der Waals surface area contributed by atoms with Gasteiger partial charge in [-0.05, 0) is 23.3 Å². The molecule has 2 saturated heterocycles. The minimum atomic E-state index is -3.61. The Morgan fingerprint density at radius 3 is 2.39 bits per heavy atom. The van der Waals surface area contributed by atoms with Gasteiger partial charge < -0.3 is 10.0 Å². The fourth-order valence-corrected chi connectivity index (χ4v) is 5.99. The molecule has 0 bridgehead atoms. The van der Waals surface area contributed by atoms with Gasteiger partial charge in [-0.3, -0.25) is 4.79 Å². The Labute approximate surface area is 173 Å². The molecule has 0 radical (unpaired) electrons. The molecule has 148 valence electrons. The van der Waals surface area contributed by atoms with Crippen molar-refractivity contribution in [2.24, 2.45) is 0 Å². The molecule has 0 saturated carbocycles. The maximum absolute atomic E-state index is 12.9. The summed E-state index contributed by atoms with van der Waals surface area (Å²) in [6.07, 6.45) is 0. The van der Waals surface area contributed by atoms with Gasteiger partial charge >= 0.3 is 0 Å². The Morgan fingerprint density at radius 2 is 1.75 bits per heavy atom. The highest BCUT2D eigenvalue weighted by molar-refractivity contribution is 9.10. The maximum atomic E-state index is 12.9. The largest absolute Gasteiger partial charge is 0.394 e. The minimum Gasteiger partial charge on any atom is -0.394 e. The fraction of sp³-hybridized carbons (Fsp3) is 0.350. The lowest BCUT2D eigenvalue weighted by Gasteiger charge is -2.58. The summed E-state index contributed by atoms with van der Waals surface area (Å²) < 4.78 is 28.1. The summed E-state index contributed by atoms with van der Waals surface area (Å²) in [7, 11) is -3.61. The summed E-state index contributed by atoms with van der Waals surface area (Å²) in [5.41, 5.74) is 1.70. The third-order valence-electron chi connectivity index (χ3n) is 5.56. The fourth-order valence-electron chi connectivity index (χ4n) is 4.24. The van der Waals surface area contributed by atoms with E-state index >= 15 is 0 Å². The second-order valence-corrected chi connectivity index (χ2v) is 10.1. The molecule has 1 amide bonds. The quantitative estimate of drug-likeness (QED) is 0.733. The number of nitrogens with zero attached hydrogens (tertiary/aromatic N) is 2. The number of piperazine rings is 1. The molecule has 0 spiro atoms. The van der Waals surface area contributed by atoms with Gasteiger partial charge in [-0.2, -0.15) is 4.31 Å². The molecule has 2 aliphatic rings. The molecule has 2 aliphatic heterocycles. The van der Waals surface area contributed by atoms with Crippen molar-refractivity contribution in [1.82, 2.24) is 9.21 Å². The Bertz CT molecular complexity index is 965. The second kappa shape index (κ2) is 7.59. The van der Waals surface area contributed by atoms with Crippen LogP contribution in [-0.4, -0.2) is 60.4 Å². The molecule has 0 aromatic heterocycles. The van der Waals surface area contributed by atoms with Crippen LogP contribution in [0.25, 0.3) is 0 Å². The first-order valence-corrected chi connectivity index (χ1v) is 11.5. The Kier molecular flexibility index (Phi) is 5.30. The highest BCUT2D eigenvalue weighted by Crippen LogP contribution is 2.43. The van der Waals surface area contributed by atoms with E-state index in [0.717, 1.165) is 10.0 Å². The zero-order chi connectivity index (χ0) is 19.9. The van der Waals surface area contributed by atoms with E-state index in [4.69, 9.17) is 0 Å². The smallest absolute Gasteiger partial charge is 0.238 e. The molecule has 3 atom stereocenters. The molecule has 2 aromatic carbocycles. The van der Waals surface area contributed by atoms with Gasteiger partial charge in [0.25, 0.3) is 0 Å². The van der Waals surface area contributed by atoms with E-state index in [9.17, 15) is 18.3 Å². The van der Waals surface area contributed by atoms with Crippen molar-refractivity contribution in [3.63, 3.8) is 0 Å². The van der Waals surface area contributed by atoms with Crippen molar-refractivity contribution in [2.75, 3.05) is 19.7 Å². The first-order valence-electron chi connectivity index (χ1n) is 9.10. The third-order valence-corrected chi connectivity index (χ3v) is 7.85. The highest BCUT2D eigenvalue weighted by atomic mass is 79.9. The van der Waals surface area contributed by atoms with Gasteiger partial charge in [-0.1, -0.05) is 58.4 Å². The number of hydrogen-bond donors (Lipinski definition) is 1. The summed E-state index contributed by atoms with van der Waals surface area (Å²) in [6, 6.07) is 16.2. The van der Waals surface area contributed by atoms with Crippen molar-refractivity contribution < 1.29 is 18.3 Å². The van der Waals surface area contributed by atoms with E-state index in [1.54, 1.807) is 29.2 Å². The number of benzene rings is 2. The van der Waals surface area contributed by atoms with Gasteiger partial charge in [-0.25, -0.2) is 8.42 Å². The molecule has 0 aliphatic carbocycles. The van der Waals surface area contributed by atoms with Crippen LogP contribution in [0.1, 0.15) is 17.0 Å². The van der Waals surface area contributed by atoms with Crippen LogP contribution in [0.5, 0.6) is 0 Å². The standard InChI is InChI=1S/C20H21BrN2O4S/c21-16-8-6-15(7-9-16)20-17-10-22(11-19(25)23(17)18(20)12-24)28(26,27)13-14-4-2-1-3-5-14/h1-9,17-18,20,24H,10-13H2/t17-,18-,20+/m1/s1. The average Bonchev–Trinajstić information content (AvgIpc) is 2.65. The molecule has 2 fully saturated rings. The van der Waals surface area contributed by atoms with Crippen molar-refractivity contribution in [2.45, 2.75) is 23.8 Å². The summed E-state index contributed by atoms with van der Waals surface area (Å²) in [6.45, 7) is -0.0624. The van der Waals surface area contributed by atoms with Crippen LogP contribution in [0.2, 0.25) is 0 Å². The topological polar surface area (TPSA) is 77.9 Å². The Hall–Kier alpha value is -1.74. The predicted octanol–water partition coefficient (Wildman–Crippen LogP) is 1.95. The van der Waals surface area contributed by atoms with Crippen molar-refractivity contribution in [3.8, 4) is 0 Å². The van der Waals surface area contributed by atoms with Gasteiger partial charge in [0.2, 0.25) is 15.9 Å². The second-order valence-electron chi connectivity index (χ2n) is 7.23. The van der Waals surface area contributed by atoms with Crippen molar-refractivity contribution in [1.29, 1.82) is 0 Å². The monoisotopic (exact) mass is 464 g/mol. The van der Waals surface area contributed by atoms with Gasteiger partial charge in [0.15, 0.2) is 0 Å². The van der Waals surface area contributed by atoms with E-state index in [1.807, 2.05) is 30.3 Å². The molecule has 28 heavy (non-hydrogen) atoms. The van der Waals surface area contributed by atoms with Crippen LogP contribution in [0.3, 0.4) is 0 Å². The SMILES string of the molecule is O=C1CN(S(=O)(=O)Cc2ccccc2)C[C@@H]2[C@H](c3ccc(Br)cc3)[C@@H](CO)N12. The molecule has 8 heteroatoms. The van der Waals surface area contributed by atoms with Crippen LogP contribution in [0.15, 0.2) is 59.1 Å². The molecule has 2 aromatic rings. The van der Waals surface area contributed by atoms with E-state index < -0.39 is 10.0 Å². The molecule has 6 nitrogen and oxygen atoms in total. The number of amides is 1. The number of aliphatic hydroxyl groups excluding tert-OH is 1. The van der Waals surface area contributed by atoms with Crippen LogP contribution in [0, 0.1) is 0 Å². The number of sulfonamides is 1. The molecule has 0 unspecified atom stereocenters. The van der Waals surface area contributed by atoms with Crippen molar-refractivity contribution >= 4 is 31.9 Å². The zero-order valence-corrected chi connectivity index (χ0v) is 17.5. The van der Waals surface area contributed by atoms with Crippen LogP contribution < -0.4 is 0 Å². The first kappa shape index (κ1) is 19.6. The molecule has 1 N–H and O–H groups in total. The number of hydrogen-bond acceptors (Lipinski definition) is 4. The van der Waals surface area contributed by atoms with Crippen LogP contribution in [0.4, 0.5) is 0 Å². The molecular formula is C20H21BrN2O4S. The van der Waals surface area contributed by atoms with Gasteiger partial charge in [-0.15, -0.1) is 0 Å². The first-order chi connectivity index (χ1) is 13.4. The van der Waals surface area contributed by atoms with Crippen molar-refractivity contribution in [3.05, 3.63) is 70.2 Å². The van der Waals surface area contributed by atoms with E-state index in [1.165, 1.54) is 4.31 Å². The Morgan fingerprint density at radius 1 is 1.07 bits per heavy atom. The average molecular weight is 465 g/mol. The summed E-state index contributed by atoms with van der Waals surface area (Å²) in [4.78, 5) is 14.3. The van der Waals surface area contributed by atoms with Gasteiger partial charge in [0, 0.05) is 16.9 Å². The molecule has 4 rings (SSSR count). The van der Waals surface area contributed by atoms with E-state index in [0.29, 0.717) is 5.56 Å². The van der Waals surface area contributed by atoms with E-state index in [2.05, 4.69) is 15.9 Å². The van der Waals surface area contributed by atoms with E-state index in [-0.39, 0.29) is 49.4 Å².